The molecule has 0 aliphatic heterocycles. The number of ether oxygens (including phenoxy) is 1. The zero-order valence-corrected chi connectivity index (χ0v) is 12.1. The first kappa shape index (κ1) is 14.7. The third kappa shape index (κ3) is 2.61. The Labute approximate surface area is 132 Å². The van der Waals surface area contributed by atoms with Crippen molar-refractivity contribution >= 4 is 11.1 Å². The number of halogens is 3. The number of aromatic amines is 1. The largest absolute Gasteiger partial charge is 0.473 e. The molecule has 1 N–H and O–H groups in total. The minimum absolute atomic E-state index is 0.158. The summed E-state index contributed by atoms with van der Waals surface area (Å²) in [4.78, 5) is 21.7. The zero-order chi connectivity index (χ0) is 16.9. The van der Waals surface area contributed by atoms with Gasteiger partial charge in [0, 0.05) is 5.56 Å². The van der Waals surface area contributed by atoms with Gasteiger partial charge in [0.2, 0.25) is 5.88 Å². The van der Waals surface area contributed by atoms with Crippen LogP contribution in [-0.4, -0.2) is 21.1 Å². The van der Waals surface area contributed by atoms with Gasteiger partial charge in [0.1, 0.15) is 11.6 Å². The van der Waals surface area contributed by atoms with Crippen molar-refractivity contribution in [2.45, 2.75) is 25.1 Å². The summed E-state index contributed by atoms with van der Waals surface area (Å²) in [6.45, 7) is 0. The Balaban J connectivity index is 1.80. The maximum atomic E-state index is 13.0. The Morgan fingerprint density at radius 3 is 2.62 bits per heavy atom. The van der Waals surface area contributed by atoms with Crippen LogP contribution >= 0.6 is 0 Å². The lowest BCUT2D eigenvalue weighted by atomic mass is 10.1. The smallest absolute Gasteiger partial charge is 0.418 e. The Kier molecular flexibility index (Phi) is 3.12. The molecule has 0 bridgehead atoms. The highest BCUT2D eigenvalue weighted by Gasteiger charge is 2.34. The van der Waals surface area contributed by atoms with Gasteiger partial charge in [-0.15, -0.1) is 0 Å². The van der Waals surface area contributed by atoms with E-state index in [1.54, 1.807) is 0 Å². The molecule has 1 aromatic carbocycles. The molecule has 124 valence electrons. The van der Waals surface area contributed by atoms with Gasteiger partial charge in [-0.25, -0.2) is 14.8 Å². The van der Waals surface area contributed by atoms with Crippen LogP contribution in [0, 0.1) is 0 Å². The van der Waals surface area contributed by atoms with Crippen molar-refractivity contribution in [3.63, 3.8) is 0 Å². The van der Waals surface area contributed by atoms with Crippen LogP contribution in [0.3, 0.4) is 0 Å². The highest BCUT2D eigenvalue weighted by Crippen LogP contribution is 2.37. The summed E-state index contributed by atoms with van der Waals surface area (Å²) in [7, 11) is 0. The van der Waals surface area contributed by atoms with E-state index in [0.717, 1.165) is 18.9 Å². The van der Waals surface area contributed by atoms with Gasteiger partial charge < -0.3 is 9.15 Å². The second-order valence-corrected chi connectivity index (χ2v) is 5.43. The fraction of sp³-hybridized carbons (Fsp3) is 0.267. The molecular formula is C15H10F3N3O3. The van der Waals surface area contributed by atoms with Crippen molar-refractivity contribution in [3.05, 3.63) is 40.6 Å². The average Bonchev–Trinajstić information content (AvgIpc) is 3.24. The molecule has 0 amide bonds. The SMILES string of the molecule is O=c1[nH]c2c(C(F)(F)F)ccc(-c3cnc(OC4CC4)cn3)c2o1. The number of nitrogens with zero attached hydrogens (tertiary/aromatic N) is 2. The predicted octanol–water partition coefficient (Wildman–Crippen LogP) is 3.14. The van der Waals surface area contributed by atoms with Crippen LogP contribution in [0.2, 0.25) is 0 Å². The molecule has 9 heteroatoms. The average molecular weight is 337 g/mol. The zero-order valence-electron chi connectivity index (χ0n) is 12.1. The molecule has 1 aliphatic carbocycles. The number of H-pyrrole nitrogens is 1. The van der Waals surface area contributed by atoms with Crippen molar-refractivity contribution in [1.82, 2.24) is 15.0 Å². The number of fused-ring (bicyclic) bond motifs is 1. The fourth-order valence-corrected chi connectivity index (χ4v) is 2.34. The lowest BCUT2D eigenvalue weighted by Crippen LogP contribution is -2.06. The maximum Gasteiger partial charge on any atom is 0.418 e. The van der Waals surface area contributed by atoms with E-state index in [2.05, 4.69) is 15.0 Å². The topological polar surface area (TPSA) is 81.0 Å². The number of rotatable bonds is 3. The van der Waals surface area contributed by atoms with Crippen molar-refractivity contribution < 1.29 is 22.3 Å². The summed E-state index contributed by atoms with van der Waals surface area (Å²) >= 11 is 0. The normalized spacial score (nSPS) is 15.0. The summed E-state index contributed by atoms with van der Waals surface area (Å²) in [6.07, 6.45) is 0.242. The molecule has 0 atom stereocenters. The minimum atomic E-state index is -4.61. The first-order valence-electron chi connectivity index (χ1n) is 7.14. The van der Waals surface area contributed by atoms with E-state index in [4.69, 9.17) is 9.15 Å². The number of oxazole rings is 1. The number of hydrogen-bond acceptors (Lipinski definition) is 5. The van der Waals surface area contributed by atoms with E-state index >= 15 is 0 Å². The quantitative estimate of drug-likeness (QED) is 0.794. The summed E-state index contributed by atoms with van der Waals surface area (Å²) in [5.41, 5.74) is -1.08. The van der Waals surface area contributed by atoms with Gasteiger partial charge >= 0.3 is 11.9 Å². The summed E-state index contributed by atoms with van der Waals surface area (Å²) in [5, 5.41) is 0. The van der Waals surface area contributed by atoms with Crippen LogP contribution in [0.1, 0.15) is 18.4 Å². The Hall–Kier alpha value is -2.84. The Bertz CT molecular complexity index is 956. The summed E-state index contributed by atoms with van der Waals surface area (Å²) < 4.78 is 49.5. The van der Waals surface area contributed by atoms with Crippen LogP contribution in [0.5, 0.6) is 5.88 Å². The third-order valence-corrected chi connectivity index (χ3v) is 3.60. The molecular weight excluding hydrogens is 327 g/mol. The van der Waals surface area contributed by atoms with Crippen molar-refractivity contribution in [2.24, 2.45) is 0 Å². The molecule has 1 saturated carbocycles. The van der Waals surface area contributed by atoms with Crippen molar-refractivity contribution in [2.75, 3.05) is 0 Å². The Morgan fingerprint density at radius 1 is 1.21 bits per heavy atom. The number of benzene rings is 1. The molecule has 4 rings (SSSR count). The van der Waals surface area contributed by atoms with E-state index in [-0.39, 0.29) is 22.9 Å². The second kappa shape index (κ2) is 5.08. The van der Waals surface area contributed by atoms with Gasteiger partial charge in [0.25, 0.3) is 0 Å². The highest BCUT2D eigenvalue weighted by molar-refractivity contribution is 5.91. The summed E-state index contributed by atoms with van der Waals surface area (Å²) in [6, 6.07) is 2.08. The number of aromatic nitrogens is 3. The van der Waals surface area contributed by atoms with E-state index < -0.39 is 23.0 Å². The van der Waals surface area contributed by atoms with Gasteiger partial charge in [-0.05, 0) is 25.0 Å². The van der Waals surface area contributed by atoms with E-state index in [1.807, 2.05) is 0 Å². The highest BCUT2D eigenvalue weighted by atomic mass is 19.4. The van der Waals surface area contributed by atoms with Crippen LogP contribution in [0.25, 0.3) is 22.4 Å². The predicted molar refractivity (Wildman–Crippen MR) is 76.5 cm³/mol. The van der Waals surface area contributed by atoms with Gasteiger partial charge in [-0.2, -0.15) is 13.2 Å². The molecule has 24 heavy (non-hydrogen) atoms. The molecule has 1 aliphatic rings. The fourth-order valence-electron chi connectivity index (χ4n) is 2.34. The first-order valence-corrected chi connectivity index (χ1v) is 7.14. The van der Waals surface area contributed by atoms with Gasteiger partial charge in [0.05, 0.1) is 23.7 Å². The molecule has 0 spiro atoms. The molecule has 2 heterocycles. The molecule has 6 nitrogen and oxygen atoms in total. The molecule has 0 unspecified atom stereocenters. The third-order valence-electron chi connectivity index (χ3n) is 3.60. The lowest BCUT2D eigenvalue weighted by Gasteiger charge is -2.09. The molecule has 0 radical (unpaired) electrons. The Morgan fingerprint density at radius 2 is 2.00 bits per heavy atom. The summed E-state index contributed by atoms with van der Waals surface area (Å²) in [5.74, 6) is -0.621. The van der Waals surface area contributed by atoms with Gasteiger partial charge in [-0.1, -0.05) is 0 Å². The maximum absolute atomic E-state index is 13.0. The molecule has 3 aromatic rings. The van der Waals surface area contributed by atoms with E-state index in [9.17, 15) is 18.0 Å². The second-order valence-electron chi connectivity index (χ2n) is 5.43. The molecule has 2 aromatic heterocycles. The van der Waals surface area contributed by atoms with Crippen molar-refractivity contribution in [3.8, 4) is 17.1 Å². The lowest BCUT2D eigenvalue weighted by molar-refractivity contribution is -0.136. The van der Waals surface area contributed by atoms with Crippen LogP contribution in [-0.2, 0) is 6.18 Å². The van der Waals surface area contributed by atoms with Crippen molar-refractivity contribution in [1.29, 1.82) is 0 Å². The van der Waals surface area contributed by atoms with Crippen LogP contribution < -0.4 is 10.5 Å². The van der Waals surface area contributed by atoms with Gasteiger partial charge in [0.15, 0.2) is 5.58 Å². The number of nitrogens with one attached hydrogen (secondary N) is 1. The standard InChI is InChI=1S/C15H10F3N3O3/c16-15(17,18)9-4-3-8(13-12(9)21-14(22)24-13)10-5-20-11(6-19-10)23-7-1-2-7/h3-7H,1-2H2,(H,21,22). The monoisotopic (exact) mass is 337 g/mol. The van der Waals surface area contributed by atoms with Crippen LogP contribution in [0.15, 0.2) is 33.7 Å². The van der Waals surface area contributed by atoms with E-state index in [0.29, 0.717) is 5.88 Å². The first-order chi connectivity index (χ1) is 11.4. The van der Waals surface area contributed by atoms with Crippen LogP contribution in [0.4, 0.5) is 13.2 Å². The number of alkyl halides is 3. The molecule has 1 fully saturated rings. The van der Waals surface area contributed by atoms with E-state index in [1.165, 1.54) is 18.5 Å². The van der Waals surface area contributed by atoms with Gasteiger partial charge in [-0.3, -0.25) is 4.98 Å². The number of hydrogen-bond donors (Lipinski definition) is 1. The molecule has 0 saturated heterocycles. The minimum Gasteiger partial charge on any atom is -0.473 e.